The van der Waals surface area contributed by atoms with Gasteiger partial charge in [0.25, 0.3) is 0 Å². The van der Waals surface area contributed by atoms with E-state index in [4.69, 9.17) is 14.6 Å². The number of ether oxygens (including phenoxy) is 2. The van der Waals surface area contributed by atoms with E-state index in [0.29, 0.717) is 6.92 Å². The molecule has 5 nitrogen and oxygen atoms in total. The van der Waals surface area contributed by atoms with Gasteiger partial charge in [-0.15, -0.1) is 0 Å². The predicted molar refractivity (Wildman–Crippen MR) is 90.9 cm³/mol. The van der Waals surface area contributed by atoms with Crippen LogP contribution >= 0.6 is 0 Å². The highest BCUT2D eigenvalue weighted by Gasteiger charge is 2.69. The van der Waals surface area contributed by atoms with Crippen molar-refractivity contribution >= 4 is 5.97 Å². The molecule has 0 radical (unpaired) electrons. The van der Waals surface area contributed by atoms with Gasteiger partial charge < -0.3 is 19.7 Å². The van der Waals surface area contributed by atoms with Gasteiger partial charge in [-0.05, 0) is 39.3 Å². The van der Waals surface area contributed by atoms with E-state index in [2.05, 4.69) is 0 Å². The lowest BCUT2D eigenvalue weighted by Gasteiger charge is -2.50. The molecule has 1 spiro atoms. The van der Waals surface area contributed by atoms with Crippen LogP contribution in [0.15, 0.2) is 23.3 Å². The zero-order chi connectivity index (χ0) is 23.3. The Morgan fingerprint density at radius 1 is 1.20 bits per heavy atom. The third kappa shape index (κ3) is 4.08. The molecule has 0 bridgehead atoms. The first-order valence-electron chi connectivity index (χ1n) is 8.76. The van der Waals surface area contributed by atoms with Gasteiger partial charge in [0.15, 0.2) is 11.4 Å². The minimum atomic E-state index is -5.24. The van der Waals surface area contributed by atoms with Crippen LogP contribution in [0.5, 0.6) is 0 Å². The summed E-state index contributed by atoms with van der Waals surface area (Å²) in [6.07, 6.45) is -11.7. The van der Waals surface area contributed by atoms with E-state index in [1.54, 1.807) is 19.8 Å². The maximum atomic E-state index is 14.1. The van der Waals surface area contributed by atoms with E-state index in [1.807, 2.05) is 0 Å². The second-order valence-electron chi connectivity index (χ2n) is 7.65. The van der Waals surface area contributed by atoms with Crippen LogP contribution in [-0.4, -0.2) is 52.1 Å². The molecule has 0 aromatic carbocycles. The fraction of sp³-hybridized carbons (Fsp3) is 0.632. The molecule has 168 valence electrons. The average molecular weight is 442 g/mol. The van der Waals surface area contributed by atoms with Crippen LogP contribution in [0, 0.1) is 17.3 Å². The Morgan fingerprint density at radius 2 is 1.70 bits per heavy atom. The molecule has 1 fully saturated rings. The Balaban J connectivity index is 2.69. The Bertz CT molecular complexity index is 836. The first-order valence-corrected chi connectivity index (χ1v) is 8.76. The maximum absolute atomic E-state index is 14.1. The number of aliphatic carboxylic acids is 1. The maximum Gasteiger partial charge on any atom is 0.424 e. The summed E-state index contributed by atoms with van der Waals surface area (Å²) in [7, 11) is 0. The van der Waals surface area contributed by atoms with Crippen molar-refractivity contribution in [1.82, 2.24) is 0 Å². The number of carboxylic acids is 1. The first kappa shape index (κ1) is 24.2. The standard InChI is InChI=1S/C19H20F6O5/c1-10-8-16(29-11(2)12(3)30-16)9-15(4,19(23,24)25)17(10,28)6-5-13(7-14(26)27)18(20,21)22/h7-8,11-12,28H,9H2,1-4H3,(H,26,27). The quantitative estimate of drug-likeness (QED) is 0.280. The summed E-state index contributed by atoms with van der Waals surface area (Å²) in [5.74, 6) is -0.807. The van der Waals surface area contributed by atoms with Gasteiger partial charge in [0.05, 0.1) is 12.2 Å². The van der Waals surface area contributed by atoms with Crippen LogP contribution in [0.3, 0.4) is 0 Å². The largest absolute Gasteiger partial charge is 0.478 e. The number of aliphatic hydroxyl groups is 1. The summed E-state index contributed by atoms with van der Waals surface area (Å²) in [4.78, 5) is 10.6. The lowest BCUT2D eigenvalue weighted by atomic mass is 9.62. The molecular formula is C19H20F6O5. The second kappa shape index (κ2) is 7.28. The Morgan fingerprint density at radius 3 is 2.10 bits per heavy atom. The molecule has 0 aromatic rings. The zero-order valence-corrected chi connectivity index (χ0v) is 16.4. The number of carbonyl (C=O) groups is 1. The fourth-order valence-electron chi connectivity index (χ4n) is 3.55. The van der Waals surface area contributed by atoms with Crippen molar-refractivity contribution in [2.24, 2.45) is 5.41 Å². The third-order valence-corrected chi connectivity index (χ3v) is 5.41. The monoisotopic (exact) mass is 442 g/mol. The summed E-state index contributed by atoms with van der Waals surface area (Å²) < 4.78 is 92.5. The van der Waals surface area contributed by atoms with Crippen molar-refractivity contribution < 1.29 is 50.8 Å². The van der Waals surface area contributed by atoms with E-state index in [9.17, 15) is 36.2 Å². The van der Waals surface area contributed by atoms with Crippen molar-refractivity contribution in [3.05, 3.63) is 23.3 Å². The molecular weight excluding hydrogens is 422 g/mol. The molecule has 2 rings (SSSR count). The number of halogens is 6. The van der Waals surface area contributed by atoms with Crippen LogP contribution in [-0.2, 0) is 14.3 Å². The summed E-state index contributed by atoms with van der Waals surface area (Å²) in [5, 5.41) is 19.5. The summed E-state index contributed by atoms with van der Waals surface area (Å²) >= 11 is 0. The van der Waals surface area contributed by atoms with E-state index in [-0.39, 0.29) is 6.08 Å². The summed E-state index contributed by atoms with van der Waals surface area (Å²) in [6, 6.07) is 0. The van der Waals surface area contributed by atoms with E-state index in [0.717, 1.165) is 13.0 Å². The van der Waals surface area contributed by atoms with Crippen LogP contribution in [0.2, 0.25) is 0 Å². The highest BCUT2D eigenvalue weighted by Crippen LogP contribution is 2.58. The van der Waals surface area contributed by atoms with E-state index >= 15 is 0 Å². The zero-order valence-electron chi connectivity index (χ0n) is 16.4. The van der Waals surface area contributed by atoms with Crippen molar-refractivity contribution in [2.45, 2.75) is 70.1 Å². The molecule has 0 aromatic heterocycles. The van der Waals surface area contributed by atoms with Gasteiger partial charge in [0.1, 0.15) is 11.0 Å². The smallest absolute Gasteiger partial charge is 0.424 e. The molecule has 4 atom stereocenters. The first-order chi connectivity index (χ1) is 13.4. The van der Waals surface area contributed by atoms with E-state index < -0.39 is 64.9 Å². The lowest BCUT2D eigenvalue weighted by molar-refractivity contribution is -0.294. The molecule has 0 saturated carbocycles. The molecule has 4 unspecified atom stereocenters. The van der Waals surface area contributed by atoms with Gasteiger partial charge in [0.2, 0.25) is 0 Å². The molecule has 11 heteroatoms. The van der Waals surface area contributed by atoms with Gasteiger partial charge in [-0.2, -0.15) is 26.3 Å². The molecule has 1 aliphatic carbocycles. The SMILES string of the molecule is CC1=CC2(CC(C)(C(F)(F)F)C1(O)C#CC(=CC(=O)O)C(F)(F)F)OC(C)C(C)O2. The Hall–Kier alpha value is -2.03. The summed E-state index contributed by atoms with van der Waals surface area (Å²) in [5.41, 5.74) is -8.52. The second-order valence-corrected chi connectivity index (χ2v) is 7.65. The number of allylic oxidation sites excluding steroid dienone is 1. The van der Waals surface area contributed by atoms with Crippen molar-refractivity contribution in [2.75, 3.05) is 0 Å². The number of alkyl halides is 6. The average Bonchev–Trinajstić information content (AvgIpc) is 2.80. The highest BCUT2D eigenvalue weighted by atomic mass is 19.4. The van der Waals surface area contributed by atoms with Gasteiger partial charge >= 0.3 is 18.3 Å². The minimum absolute atomic E-state index is 0.281. The number of hydrogen-bond acceptors (Lipinski definition) is 4. The lowest BCUT2D eigenvalue weighted by Crippen LogP contribution is -2.61. The Labute approximate surface area is 168 Å². The topological polar surface area (TPSA) is 76.0 Å². The molecule has 0 amide bonds. The third-order valence-electron chi connectivity index (χ3n) is 5.41. The molecule has 2 aliphatic rings. The molecule has 1 saturated heterocycles. The minimum Gasteiger partial charge on any atom is -0.478 e. The van der Waals surface area contributed by atoms with E-state index in [1.165, 1.54) is 5.92 Å². The highest BCUT2D eigenvalue weighted by molar-refractivity contribution is 5.82. The molecule has 30 heavy (non-hydrogen) atoms. The normalized spacial score (nSPS) is 37.6. The van der Waals surface area contributed by atoms with Gasteiger partial charge in [0, 0.05) is 12.5 Å². The van der Waals surface area contributed by atoms with Crippen LogP contribution < -0.4 is 0 Å². The van der Waals surface area contributed by atoms with Crippen LogP contribution in [0.25, 0.3) is 0 Å². The predicted octanol–water partition coefficient (Wildman–Crippen LogP) is 3.73. The Kier molecular flexibility index (Phi) is 5.89. The van der Waals surface area contributed by atoms with Crippen molar-refractivity contribution in [3.63, 3.8) is 0 Å². The van der Waals surface area contributed by atoms with Gasteiger partial charge in [-0.1, -0.05) is 11.8 Å². The number of carboxylic acid groups (broad SMARTS) is 1. The number of hydrogen-bond donors (Lipinski definition) is 2. The van der Waals surface area contributed by atoms with Crippen LogP contribution in [0.1, 0.15) is 34.1 Å². The van der Waals surface area contributed by atoms with Crippen LogP contribution in [0.4, 0.5) is 26.3 Å². The van der Waals surface area contributed by atoms with Gasteiger partial charge in [-0.3, -0.25) is 0 Å². The molecule has 1 heterocycles. The van der Waals surface area contributed by atoms with Gasteiger partial charge in [-0.25, -0.2) is 4.79 Å². The van der Waals surface area contributed by atoms with Crippen molar-refractivity contribution in [3.8, 4) is 11.8 Å². The fourth-order valence-corrected chi connectivity index (χ4v) is 3.55. The molecule has 2 N–H and O–H groups in total. The summed E-state index contributed by atoms with van der Waals surface area (Å²) in [6.45, 7) is 4.84. The van der Waals surface area contributed by atoms with Crippen molar-refractivity contribution in [1.29, 1.82) is 0 Å². The molecule has 1 aliphatic heterocycles. The number of rotatable bonds is 1.